The fourth-order valence-electron chi connectivity index (χ4n) is 3.89. The third kappa shape index (κ3) is 4.69. The molecule has 0 saturated heterocycles. The van der Waals surface area contributed by atoms with Gasteiger partial charge in [-0.25, -0.2) is 4.79 Å². The quantitative estimate of drug-likeness (QED) is 0.454. The maximum Gasteiger partial charge on any atom is 0.410 e. The molecule has 31 heavy (non-hydrogen) atoms. The standard InChI is InChI=1S/C25H24BrNO4/c1-29-23-13-19-12-22(18-8-10-21(26)11-9-18)27(15-20(19)14-24(23)30-2)25(28)31-16-17-6-4-3-5-7-17/h3-11,13-14,22H,12,15-16H2,1-2H3. The minimum Gasteiger partial charge on any atom is -0.493 e. The van der Waals surface area contributed by atoms with E-state index in [1.165, 1.54) is 0 Å². The lowest BCUT2D eigenvalue weighted by Gasteiger charge is -2.37. The Bertz CT molecular complexity index is 1050. The average Bonchev–Trinajstić information content (AvgIpc) is 2.82. The zero-order chi connectivity index (χ0) is 21.8. The third-order valence-corrected chi connectivity index (χ3v) is 6.06. The van der Waals surface area contributed by atoms with Gasteiger partial charge in [0.2, 0.25) is 0 Å². The van der Waals surface area contributed by atoms with Crippen LogP contribution >= 0.6 is 15.9 Å². The number of methoxy groups -OCH3 is 2. The Morgan fingerprint density at radius 1 is 0.968 bits per heavy atom. The highest BCUT2D eigenvalue weighted by Crippen LogP contribution is 2.39. The minimum absolute atomic E-state index is 0.137. The first-order chi connectivity index (χ1) is 15.1. The smallest absolute Gasteiger partial charge is 0.410 e. The monoisotopic (exact) mass is 481 g/mol. The second kappa shape index (κ2) is 9.43. The van der Waals surface area contributed by atoms with E-state index in [0.717, 1.165) is 26.7 Å². The highest BCUT2D eigenvalue weighted by molar-refractivity contribution is 9.10. The van der Waals surface area contributed by atoms with Gasteiger partial charge in [0.25, 0.3) is 0 Å². The lowest BCUT2D eigenvalue weighted by atomic mass is 9.89. The van der Waals surface area contributed by atoms with Gasteiger partial charge in [0.05, 0.1) is 26.8 Å². The van der Waals surface area contributed by atoms with Crippen LogP contribution < -0.4 is 9.47 Å². The number of carbonyl (C=O) groups excluding carboxylic acids is 1. The highest BCUT2D eigenvalue weighted by atomic mass is 79.9. The zero-order valence-corrected chi connectivity index (χ0v) is 19.1. The molecule has 3 aromatic carbocycles. The molecule has 0 radical (unpaired) electrons. The number of carbonyl (C=O) groups is 1. The third-order valence-electron chi connectivity index (χ3n) is 5.53. The van der Waals surface area contributed by atoms with Crippen LogP contribution in [0.3, 0.4) is 0 Å². The molecule has 1 unspecified atom stereocenters. The van der Waals surface area contributed by atoms with Crippen LogP contribution in [0.5, 0.6) is 11.5 Å². The molecule has 1 aliphatic rings. The molecule has 0 aliphatic carbocycles. The number of halogens is 1. The predicted molar refractivity (Wildman–Crippen MR) is 122 cm³/mol. The molecule has 3 aromatic rings. The summed E-state index contributed by atoms with van der Waals surface area (Å²) in [6.45, 7) is 0.673. The molecule has 0 saturated carbocycles. The van der Waals surface area contributed by atoms with Crippen molar-refractivity contribution in [3.63, 3.8) is 0 Å². The van der Waals surface area contributed by atoms with Crippen LogP contribution in [0.2, 0.25) is 0 Å². The topological polar surface area (TPSA) is 48.0 Å². The maximum absolute atomic E-state index is 13.1. The number of hydrogen-bond acceptors (Lipinski definition) is 4. The molecule has 5 nitrogen and oxygen atoms in total. The Balaban J connectivity index is 1.65. The number of ether oxygens (including phenoxy) is 3. The van der Waals surface area contributed by atoms with Crippen molar-refractivity contribution in [3.8, 4) is 11.5 Å². The molecule has 1 heterocycles. The lowest BCUT2D eigenvalue weighted by Crippen LogP contribution is -2.39. The highest BCUT2D eigenvalue weighted by Gasteiger charge is 2.33. The number of fused-ring (bicyclic) bond motifs is 1. The molecule has 1 amide bonds. The van der Waals surface area contributed by atoms with Gasteiger partial charge >= 0.3 is 6.09 Å². The molecule has 160 valence electrons. The molecule has 6 heteroatoms. The molecule has 0 bridgehead atoms. The van der Waals surface area contributed by atoms with E-state index in [1.54, 1.807) is 19.1 Å². The van der Waals surface area contributed by atoms with Gasteiger partial charge in [-0.2, -0.15) is 0 Å². The first-order valence-corrected chi connectivity index (χ1v) is 10.8. The van der Waals surface area contributed by atoms with Crippen molar-refractivity contribution in [3.05, 3.63) is 93.5 Å². The molecule has 0 aromatic heterocycles. The Morgan fingerprint density at radius 2 is 1.61 bits per heavy atom. The first-order valence-electron chi connectivity index (χ1n) is 10.1. The van der Waals surface area contributed by atoms with Crippen molar-refractivity contribution in [1.82, 2.24) is 4.90 Å². The van der Waals surface area contributed by atoms with Crippen molar-refractivity contribution in [2.45, 2.75) is 25.6 Å². The zero-order valence-electron chi connectivity index (χ0n) is 17.5. The minimum atomic E-state index is -0.336. The Morgan fingerprint density at radius 3 is 2.26 bits per heavy atom. The van der Waals surface area contributed by atoms with E-state index < -0.39 is 0 Å². The summed E-state index contributed by atoms with van der Waals surface area (Å²) in [7, 11) is 3.25. The Labute approximate surface area is 190 Å². The molecular formula is C25H24BrNO4. The first kappa shape index (κ1) is 21.2. The molecule has 1 aliphatic heterocycles. The van der Waals surface area contributed by atoms with Gasteiger partial charge in [-0.3, -0.25) is 4.90 Å². The Kier molecular flexibility index (Phi) is 6.47. The second-order valence-electron chi connectivity index (χ2n) is 7.42. The average molecular weight is 482 g/mol. The van der Waals surface area contributed by atoms with Crippen molar-refractivity contribution in [2.75, 3.05) is 14.2 Å². The molecule has 0 spiro atoms. The van der Waals surface area contributed by atoms with E-state index in [1.807, 2.05) is 66.7 Å². The number of rotatable bonds is 5. The summed E-state index contributed by atoms with van der Waals surface area (Å²) in [5.41, 5.74) is 4.18. The Hall–Kier alpha value is -2.99. The van der Waals surface area contributed by atoms with Crippen molar-refractivity contribution >= 4 is 22.0 Å². The van der Waals surface area contributed by atoms with Crippen molar-refractivity contribution < 1.29 is 19.0 Å². The van der Waals surface area contributed by atoms with E-state index >= 15 is 0 Å². The van der Waals surface area contributed by atoms with Crippen LogP contribution in [0.4, 0.5) is 4.79 Å². The molecule has 4 rings (SSSR count). The van der Waals surface area contributed by atoms with Crippen LogP contribution in [0.1, 0.15) is 28.3 Å². The summed E-state index contributed by atoms with van der Waals surface area (Å²) in [5.74, 6) is 1.34. The number of benzene rings is 3. The van der Waals surface area contributed by atoms with Gasteiger partial charge in [-0.15, -0.1) is 0 Å². The van der Waals surface area contributed by atoms with Crippen molar-refractivity contribution in [2.24, 2.45) is 0 Å². The predicted octanol–water partition coefficient (Wildman–Crippen LogP) is 5.90. The molecular weight excluding hydrogens is 458 g/mol. The van der Waals surface area contributed by atoms with E-state index in [9.17, 15) is 4.79 Å². The van der Waals surface area contributed by atoms with Gasteiger partial charge in [0.1, 0.15) is 6.61 Å². The van der Waals surface area contributed by atoms with Crippen molar-refractivity contribution in [1.29, 1.82) is 0 Å². The summed E-state index contributed by atoms with van der Waals surface area (Å²) >= 11 is 3.49. The number of amides is 1. The summed E-state index contributed by atoms with van der Waals surface area (Å²) < 4.78 is 17.6. The molecule has 0 fully saturated rings. The fraction of sp³-hybridized carbons (Fsp3) is 0.240. The van der Waals surface area contributed by atoms with Gasteiger partial charge < -0.3 is 14.2 Å². The normalized spacial score (nSPS) is 15.2. The summed E-state index contributed by atoms with van der Waals surface area (Å²) in [6, 6.07) is 21.6. The SMILES string of the molecule is COc1cc2c(cc1OC)CN(C(=O)OCc1ccccc1)C(c1ccc(Br)cc1)C2. The van der Waals surface area contributed by atoms with Crippen LogP contribution in [0, 0.1) is 0 Å². The van der Waals surface area contributed by atoms with Gasteiger partial charge in [-0.05, 0) is 52.9 Å². The number of hydrogen-bond donors (Lipinski definition) is 0. The van der Waals surface area contributed by atoms with Gasteiger partial charge in [0, 0.05) is 4.47 Å². The van der Waals surface area contributed by atoms with Gasteiger partial charge in [0.15, 0.2) is 11.5 Å². The summed E-state index contributed by atoms with van der Waals surface area (Å²) in [5, 5.41) is 0. The van der Waals surface area contributed by atoms with E-state index in [-0.39, 0.29) is 18.7 Å². The van der Waals surface area contributed by atoms with E-state index in [4.69, 9.17) is 14.2 Å². The maximum atomic E-state index is 13.1. The van der Waals surface area contributed by atoms with Crippen LogP contribution in [0.15, 0.2) is 71.2 Å². The van der Waals surface area contributed by atoms with E-state index in [2.05, 4.69) is 15.9 Å². The molecule has 1 atom stereocenters. The molecule has 0 N–H and O–H groups in total. The van der Waals surface area contributed by atoms with Crippen LogP contribution in [-0.2, 0) is 24.3 Å². The lowest BCUT2D eigenvalue weighted by molar-refractivity contribution is 0.0728. The summed E-state index contributed by atoms with van der Waals surface area (Å²) in [6.07, 6.45) is 0.329. The van der Waals surface area contributed by atoms with Gasteiger partial charge in [-0.1, -0.05) is 58.4 Å². The largest absolute Gasteiger partial charge is 0.493 e. The van der Waals surface area contributed by atoms with Crippen LogP contribution in [-0.4, -0.2) is 25.2 Å². The fourth-order valence-corrected chi connectivity index (χ4v) is 4.15. The summed E-state index contributed by atoms with van der Waals surface area (Å²) in [4.78, 5) is 14.9. The van der Waals surface area contributed by atoms with E-state index in [0.29, 0.717) is 24.5 Å². The van der Waals surface area contributed by atoms with Crippen LogP contribution in [0.25, 0.3) is 0 Å². The number of nitrogens with zero attached hydrogens (tertiary/aromatic N) is 1. The second-order valence-corrected chi connectivity index (χ2v) is 8.33.